The lowest BCUT2D eigenvalue weighted by Gasteiger charge is -2.18. The van der Waals surface area contributed by atoms with E-state index in [0.29, 0.717) is 0 Å². The predicted molar refractivity (Wildman–Crippen MR) is 132 cm³/mol. The number of fused-ring (bicyclic) bond motifs is 3. The van der Waals surface area contributed by atoms with E-state index in [1.54, 1.807) is 11.8 Å². The van der Waals surface area contributed by atoms with Crippen LogP contribution in [0.2, 0.25) is 0 Å². The van der Waals surface area contributed by atoms with Crippen LogP contribution in [0.25, 0.3) is 5.70 Å². The van der Waals surface area contributed by atoms with Crippen molar-refractivity contribution in [1.29, 1.82) is 0 Å². The predicted octanol–water partition coefficient (Wildman–Crippen LogP) is 7.14. The van der Waals surface area contributed by atoms with Crippen LogP contribution in [0.1, 0.15) is 37.9 Å². The molecule has 0 fully saturated rings. The third-order valence-corrected chi connectivity index (χ3v) is 7.50. The van der Waals surface area contributed by atoms with Gasteiger partial charge in [0, 0.05) is 21.6 Å². The van der Waals surface area contributed by atoms with Crippen LogP contribution in [0.5, 0.6) is 0 Å². The molecule has 1 aliphatic carbocycles. The lowest BCUT2D eigenvalue weighted by atomic mass is 9.98. The standard InChI is InChI=1S/C29H21NOS/c31-28-23-11-5-4-10-22(23)27-26(28)29(32-25-13-7-6-12-24(25)30-27)21-16-14-20(15-17-21)18-19-8-2-1-3-9-19/h1-17,29-30H,18H2/t29-/m1/s1. The van der Waals surface area contributed by atoms with Crippen molar-refractivity contribution in [2.24, 2.45) is 0 Å². The van der Waals surface area contributed by atoms with E-state index in [9.17, 15) is 4.79 Å². The van der Waals surface area contributed by atoms with Gasteiger partial charge in [0.2, 0.25) is 0 Å². The molecule has 0 saturated carbocycles. The first-order valence-corrected chi connectivity index (χ1v) is 11.7. The zero-order valence-electron chi connectivity index (χ0n) is 17.4. The molecule has 0 unspecified atom stereocenters. The second-order valence-corrected chi connectivity index (χ2v) is 9.33. The molecule has 4 aromatic rings. The van der Waals surface area contributed by atoms with Crippen molar-refractivity contribution in [3.63, 3.8) is 0 Å². The van der Waals surface area contributed by atoms with Gasteiger partial charge in [-0.25, -0.2) is 0 Å². The molecule has 32 heavy (non-hydrogen) atoms. The van der Waals surface area contributed by atoms with Gasteiger partial charge >= 0.3 is 0 Å². The fourth-order valence-electron chi connectivity index (χ4n) is 4.56. The van der Waals surface area contributed by atoms with Crippen LogP contribution in [-0.2, 0) is 6.42 Å². The number of nitrogens with one attached hydrogen (secondary N) is 1. The molecule has 1 heterocycles. The van der Waals surface area contributed by atoms with Gasteiger partial charge in [0.05, 0.1) is 16.6 Å². The highest BCUT2D eigenvalue weighted by Crippen LogP contribution is 2.52. The van der Waals surface area contributed by atoms with E-state index in [2.05, 4.69) is 72.0 Å². The second-order valence-electron chi connectivity index (χ2n) is 8.19. The minimum absolute atomic E-state index is 0.0631. The minimum Gasteiger partial charge on any atom is -0.354 e. The van der Waals surface area contributed by atoms with Gasteiger partial charge < -0.3 is 5.32 Å². The summed E-state index contributed by atoms with van der Waals surface area (Å²) in [5.74, 6) is 0.127. The molecule has 3 heteroatoms. The quantitative estimate of drug-likeness (QED) is 0.374. The van der Waals surface area contributed by atoms with Crippen LogP contribution in [0, 0.1) is 0 Å². The molecule has 4 aromatic carbocycles. The summed E-state index contributed by atoms with van der Waals surface area (Å²) in [4.78, 5) is 14.7. The molecule has 6 rings (SSSR count). The molecule has 1 N–H and O–H groups in total. The molecule has 154 valence electrons. The molecule has 1 aliphatic heterocycles. The Morgan fingerprint density at radius 1 is 0.688 bits per heavy atom. The highest BCUT2D eigenvalue weighted by atomic mass is 32.2. The Bertz CT molecular complexity index is 1360. The largest absolute Gasteiger partial charge is 0.354 e. The molecule has 0 amide bonds. The van der Waals surface area contributed by atoms with E-state index >= 15 is 0 Å². The average molecular weight is 432 g/mol. The van der Waals surface area contributed by atoms with Gasteiger partial charge in [0.1, 0.15) is 0 Å². The summed E-state index contributed by atoms with van der Waals surface area (Å²) in [6, 6.07) is 35.5. The van der Waals surface area contributed by atoms with E-state index in [4.69, 9.17) is 0 Å². The topological polar surface area (TPSA) is 29.1 Å². The van der Waals surface area contributed by atoms with Gasteiger partial charge in [-0.1, -0.05) is 91.0 Å². The molecule has 0 saturated heterocycles. The molecule has 0 radical (unpaired) electrons. The van der Waals surface area contributed by atoms with Crippen molar-refractivity contribution in [3.05, 3.63) is 137 Å². The zero-order chi connectivity index (χ0) is 21.5. The maximum Gasteiger partial charge on any atom is 0.193 e. The number of carbonyl (C=O) groups excluding carboxylic acids is 1. The summed E-state index contributed by atoms with van der Waals surface area (Å²) < 4.78 is 0. The van der Waals surface area contributed by atoms with Gasteiger partial charge in [0.15, 0.2) is 5.78 Å². The Kier molecular flexibility index (Phi) is 4.70. The van der Waals surface area contributed by atoms with Crippen LogP contribution < -0.4 is 5.32 Å². The van der Waals surface area contributed by atoms with Crippen LogP contribution in [0.3, 0.4) is 0 Å². The van der Waals surface area contributed by atoms with Crippen LogP contribution >= 0.6 is 11.8 Å². The molecule has 2 nitrogen and oxygen atoms in total. The Labute approximate surface area is 192 Å². The van der Waals surface area contributed by atoms with Crippen LogP contribution in [0.15, 0.2) is 114 Å². The highest BCUT2D eigenvalue weighted by Gasteiger charge is 2.37. The highest BCUT2D eigenvalue weighted by molar-refractivity contribution is 8.00. The maximum atomic E-state index is 13.5. The van der Waals surface area contributed by atoms with Gasteiger partial charge in [-0.3, -0.25) is 4.79 Å². The second kappa shape index (κ2) is 7.85. The number of anilines is 1. The fraction of sp³-hybridized carbons (Fsp3) is 0.0690. The zero-order valence-corrected chi connectivity index (χ0v) is 18.2. The number of hydrogen-bond donors (Lipinski definition) is 1. The van der Waals surface area contributed by atoms with Crippen molar-refractivity contribution in [1.82, 2.24) is 0 Å². The van der Waals surface area contributed by atoms with Crippen molar-refractivity contribution in [2.75, 3.05) is 5.32 Å². The van der Waals surface area contributed by atoms with Crippen molar-refractivity contribution < 1.29 is 4.79 Å². The summed E-state index contributed by atoms with van der Waals surface area (Å²) in [6.07, 6.45) is 0.904. The molecular weight excluding hydrogens is 410 g/mol. The number of benzene rings is 4. The Balaban J connectivity index is 1.42. The Hall–Kier alpha value is -3.56. The Morgan fingerprint density at radius 2 is 1.34 bits per heavy atom. The van der Waals surface area contributed by atoms with Gasteiger partial charge in [0.25, 0.3) is 0 Å². The van der Waals surface area contributed by atoms with Crippen LogP contribution in [-0.4, -0.2) is 5.78 Å². The van der Waals surface area contributed by atoms with E-state index in [1.165, 1.54) is 11.1 Å². The molecule has 0 bridgehead atoms. The van der Waals surface area contributed by atoms with E-state index in [-0.39, 0.29) is 11.0 Å². The maximum absolute atomic E-state index is 13.5. The van der Waals surface area contributed by atoms with Gasteiger partial charge in [-0.2, -0.15) is 0 Å². The molecule has 1 atom stereocenters. The molecular formula is C29H21NOS. The lowest BCUT2D eigenvalue weighted by Crippen LogP contribution is -2.07. The summed E-state index contributed by atoms with van der Waals surface area (Å²) in [5, 5.41) is 3.53. The summed E-state index contributed by atoms with van der Waals surface area (Å²) in [6.45, 7) is 0. The van der Waals surface area contributed by atoms with Gasteiger partial charge in [-0.15, -0.1) is 11.8 Å². The fourth-order valence-corrected chi connectivity index (χ4v) is 5.85. The number of ketones is 1. The molecule has 0 aromatic heterocycles. The first-order valence-electron chi connectivity index (χ1n) is 10.8. The number of carbonyl (C=O) groups is 1. The first-order chi connectivity index (χ1) is 15.8. The van der Waals surface area contributed by atoms with E-state index in [0.717, 1.165) is 45.0 Å². The molecule has 0 spiro atoms. The monoisotopic (exact) mass is 431 g/mol. The lowest BCUT2D eigenvalue weighted by molar-refractivity contribution is 0.103. The minimum atomic E-state index is -0.0631. The summed E-state index contributed by atoms with van der Waals surface area (Å²) in [7, 11) is 0. The number of hydrogen-bond acceptors (Lipinski definition) is 3. The summed E-state index contributed by atoms with van der Waals surface area (Å²) in [5.41, 5.74) is 8.36. The number of rotatable bonds is 3. The normalized spacial score (nSPS) is 16.6. The summed E-state index contributed by atoms with van der Waals surface area (Å²) >= 11 is 1.75. The first kappa shape index (κ1) is 19.1. The van der Waals surface area contributed by atoms with Crippen molar-refractivity contribution >= 4 is 28.9 Å². The third kappa shape index (κ3) is 3.26. The van der Waals surface area contributed by atoms with Crippen LogP contribution in [0.4, 0.5) is 5.69 Å². The van der Waals surface area contributed by atoms with Crippen molar-refractivity contribution in [3.8, 4) is 0 Å². The average Bonchev–Trinajstić information content (AvgIpc) is 3.00. The van der Waals surface area contributed by atoms with E-state index in [1.807, 2.05) is 36.4 Å². The smallest absolute Gasteiger partial charge is 0.193 e. The van der Waals surface area contributed by atoms with Crippen molar-refractivity contribution in [2.45, 2.75) is 16.6 Å². The van der Waals surface area contributed by atoms with E-state index < -0.39 is 0 Å². The number of thioether (sulfide) groups is 1. The Morgan fingerprint density at radius 3 is 2.16 bits per heavy atom. The SMILES string of the molecule is O=C1C2=C(Nc3ccccc3S[C@@H]2c2ccc(Cc3ccccc3)cc2)c2ccccc21. The molecule has 2 aliphatic rings. The number of Topliss-reactive ketones (excluding diaryl/α,β-unsaturated/α-hetero) is 1. The third-order valence-electron chi connectivity index (χ3n) is 6.14. The number of para-hydroxylation sites is 1. The van der Waals surface area contributed by atoms with Gasteiger partial charge in [-0.05, 0) is 35.2 Å².